The Balaban J connectivity index is 1.23. The number of carbonyl (C=O) groups excluding carboxylic acids is 3. The number of ether oxygens (including phenoxy) is 1. The minimum Gasteiger partial charge on any atom is -0.465 e. The molecule has 2 aromatic rings. The predicted molar refractivity (Wildman–Crippen MR) is 166 cm³/mol. The molecule has 13 heteroatoms. The van der Waals surface area contributed by atoms with Gasteiger partial charge in [0.1, 0.15) is 6.04 Å². The number of benzene rings is 2. The molecular weight excluding hydrogens is 638 g/mol. The third-order valence-corrected chi connectivity index (χ3v) is 10.4. The molecule has 2 aromatic carbocycles. The third-order valence-electron chi connectivity index (χ3n) is 8.45. The Morgan fingerprint density at radius 3 is 2.47 bits per heavy atom. The normalized spacial score (nSPS) is 22.3. The molecule has 0 aliphatic carbocycles. The highest BCUT2D eigenvalue weighted by Crippen LogP contribution is 2.24. The molecule has 0 aromatic heterocycles. The summed E-state index contributed by atoms with van der Waals surface area (Å²) in [6.07, 6.45) is 3.21. The maximum atomic E-state index is 13.7. The zero-order valence-corrected chi connectivity index (χ0v) is 26.9. The van der Waals surface area contributed by atoms with Crippen LogP contribution in [0.3, 0.4) is 0 Å². The molecule has 2 unspecified atom stereocenters. The van der Waals surface area contributed by atoms with Gasteiger partial charge < -0.3 is 19.4 Å². The van der Waals surface area contributed by atoms with Crippen molar-refractivity contribution in [2.75, 3.05) is 65.5 Å². The van der Waals surface area contributed by atoms with Crippen LogP contribution in [0.1, 0.15) is 32.6 Å². The monoisotopic (exact) mass is 677 g/mol. The number of nitrogens with one attached hydrogen (secondary N) is 1. The fourth-order valence-electron chi connectivity index (χ4n) is 6.28. The number of piperidine rings is 1. The minimum atomic E-state index is -3.96. The highest BCUT2D eigenvalue weighted by molar-refractivity contribution is 9.10. The first-order chi connectivity index (χ1) is 20.6. The second-order valence-electron chi connectivity index (χ2n) is 11.5. The summed E-state index contributed by atoms with van der Waals surface area (Å²) in [6, 6.07) is 9.43. The quantitative estimate of drug-likeness (QED) is 0.380. The number of likely N-dealkylation sites (tertiary alicyclic amines) is 2. The van der Waals surface area contributed by atoms with Crippen molar-refractivity contribution in [3.63, 3.8) is 0 Å². The van der Waals surface area contributed by atoms with Crippen LogP contribution in [0.25, 0.3) is 10.8 Å². The summed E-state index contributed by atoms with van der Waals surface area (Å²) in [5, 5.41) is 1.68. The van der Waals surface area contributed by atoms with E-state index in [1.54, 1.807) is 19.1 Å². The van der Waals surface area contributed by atoms with Crippen molar-refractivity contribution in [2.24, 2.45) is 0 Å². The third kappa shape index (κ3) is 7.93. The van der Waals surface area contributed by atoms with Crippen molar-refractivity contribution in [3.8, 4) is 0 Å². The number of sulfonamides is 1. The first-order valence-corrected chi connectivity index (χ1v) is 17.3. The number of hydrogen-bond acceptors (Lipinski definition) is 8. The molecule has 2 atom stereocenters. The zero-order valence-electron chi connectivity index (χ0n) is 24.5. The molecule has 3 aliphatic heterocycles. The lowest BCUT2D eigenvalue weighted by Crippen LogP contribution is -2.61. The Morgan fingerprint density at radius 1 is 0.953 bits per heavy atom. The van der Waals surface area contributed by atoms with Gasteiger partial charge >= 0.3 is 5.97 Å². The highest BCUT2D eigenvalue weighted by atomic mass is 79.9. The molecule has 2 amide bonds. The van der Waals surface area contributed by atoms with Crippen molar-refractivity contribution >= 4 is 54.5 Å². The van der Waals surface area contributed by atoms with Gasteiger partial charge in [0.15, 0.2) is 0 Å². The zero-order chi connectivity index (χ0) is 30.6. The van der Waals surface area contributed by atoms with Gasteiger partial charge in [0.05, 0.1) is 30.6 Å². The van der Waals surface area contributed by atoms with Crippen LogP contribution in [0.2, 0.25) is 0 Å². The fraction of sp³-hybridized carbons (Fsp3) is 0.567. The van der Waals surface area contributed by atoms with Crippen molar-refractivity contribution in [3.05, 3.63) is 40.9 Å². The molecule has 1 N–H and O–H groups in total. The number of rotatable bonds is 10. The Bertz CT molecular complexity index is 1450. The van der Waals surface area contributed by atoms with Gasteiger partial charge in [-0.25, -0.2) is 8.42 Å². The molecule has 234 valence electrons. The van der Waals surface area contributed by atoms with Crippen LogP contribution >= 0.6 is 15.9 Å². The number of esters is 1. The van der Waals surface area contributed by atoms with E-state index in [2.05, 4.69) is 25.6 Å². The van der Waals surface area contributed by atoms with Crippen LogP contribution in [0, 0.1) is 0 Å². The second kappa shape index (κ2) is 14.0. The summed E-state index contributed by atoms with van der Waals surface area (Å²) in [4.78, 5) is 47.0. The lowest BCUT2D eigenvalue weighted by Gasteiger charge is -2.43. The van der Waals surface area contributed by atoms with Crippen molar-refractivity contribution < 1.29 is 27.5 Å². The molecular formula is C30H40BrN5O6S. The number of piperazine rings is 1. The number of nitrogens with zero attached hydrogens (tertiary/aromatic N) is 4. The van der Waals surface area contributed by atoms with Crippen molar-refractivity contribution in [1.29, 1.82) is 0 Å². The predicted octanol–water partition coefficient (Wildman–Crippen LogP) is 2.04. The molecule has 3 aliphatic rings. The molecule has 3 heterocycles. The van der Waals surface area contributed by atoms with Gasteiger partial charge in [-0.05, 0) is 80.7 Å². The van der Waals surface area contributed by atoms with Crippen molar-refractivity contribution in [1.82, 2.24) is 24.3 Å². The van der Waals surface area contributed by atoms with E-state index in [0.29, 0.717) is 52.2 Å². The van der Waals surface area contributed by atoms with Crippen molar-refractivity contribution in [2.45, 2.75) is 49.6 Å². The Hall–Kier alpha value is -2.58. The first-order valence-electron chi connectivity index (χ1n) is 15.0. The van der Waals surface area contributed by atoms with E-state index in [1.165, 1.54) is 11.0 Å². The molecule has 3 saturated heterocycles. The van der Waals surface area contributed by atoms with E-state index in [1.807, 2.05) is 28.0 Å². The molecule has 5 rings (SSSR count). The summed E-state index contributed by atoms with van der Waals surface area (Å²) >= 11 is 3.43. The molecule has 0 saturated carbocycles. The largest absolute Gasteiger partial charge is 0.465 e. The SMILES string of the molecule is CCOC(=O)CN1CCN(C(=O)CN2CCCC(NS(=O)(=O)c3ccc4cc(Br)ccc4c3)C2=O)C(CN2CCCC2)C1. The number of amides is 2. The number of fused-ring (bicyclic) bond motifs is 1. The Labute approximate surface area is 261 Å². The van der Waals surface area contributed by atoms with E-state index in [-0.39, 0.29) is 41.8 Å². The van der Waals surface area contributed by atoms with Gasteiger partial charge in [0.2, 0.25) is 21.8 Å². The standard InChI is InChI=1S/C30H40BrN5O6S/c1-2-42-29(38)21-34-14-15-36(25(19-34)18-33-11-3-4-12-33)28(37)20-35-13-5-6-27(30(35)39)32-43(40,41)26-10-8-22-16-24(31)9-7-23(22)17-26/h7-10,16-17,25,27,32H,2-6,11-15,18-21H2,1H3. The van der Waals surface area contributed by atoms with Crippen LogP contribution in [0.15, 0.2) is 45.8 Å². The minimum absolute atomic E-state index is 0.0915. The van der Waals surface area contributed by atoms with Crippen LogP contribution in [0.4, 0.5) is 0 Å². The average Bonchev–Trinajstić information content (AvgIpc) is 3.48. The summed E-state index contributed by atoms with van der Waals surface area (Å²) in [6.45, 7) is 6.82. The van der Waals surface area contributed by atoms with Crippen LogP contribution in [-0.4, -0.2) is 123 Å². The molecule has 3 fully saturated rings. The maximum Gasteiger partial charge on any atom is 0.320 e. The summed E-state index contributed by atoms with van der Waals surface area (Å²) in [5.41, 5.74) is 0. The maximum absolute atomic E-state index is 13.7. The molecule has 0 bridgehead atoms. The van der Waals surface area contributed by atoms with E-state index >= 15 is 0 Å². The number of carbonyl (C=O) groups is 3. The van der Waals surface area contributed by atoms with Gasteiger partial charge in [0.25, 0.3) is 0 Å². The van der Waals surface area contributed by atoms with Crippen LogP contribution in [0.5, 0.6) is 0 Å². The Morgan fingerprint density at radius 2 is 1.70 bits per heavy atom. The van der Waals surface area contributed by atoms with Gasteiger partial charge in [-0.1, -0.05) is 28.1 Å². The van der Waals surface area contributed by atoms with E-state index in [0.717, 1.165) is 41.2 Å². The van der Waals surface area contributed by atoms with Gasteiger partial charge in [-0.15, -0.1) is 0 Å². The first kappa shape index (κ1) is 31.8. The topological polar surface area (TPSA) is 120 Å². The molecule has 0 spiro atoms. The van der Waals surface area contributed by atoms with Crippen LogP contribution in [-0.2, 0) is 29.1 Å². The van der Waals surface area contributed by atoms with E-state index in [4.69, 9.17) is 4.74 Å². The van der Waals surface area contributed by atoms with Gasteiger partial charge in [0, 0.05) is 37.2 Å². The van der Waals surface area contributed by atoms with E-state index in [9.17, 15) is 22.8 Å². The molecule has 0 radical (unpaired) electrons. The van der Waals surface area contributed by atoms with Gasteiger partial charge in [-0.2, -0.15) is 4.72 Å². The van der Waals surface area contributed by atoms with E-state index < -0.39 is 16.1 Å². The average molecular weight is 679 g/mol. The second-order valence-corrected chi connectivity index (χ2v) is 14.1. The smallest absolute Gasteiger partial charge is 0.320 e. The fourth-order valence-corrected chi connectivity index (χ4v) is 7.92. The molecule has 43 heavy (non-hydrogen) atoms. The summed E-state index contributed by atoms with van der Waals surface area (Å²) in [5.74, 6) is -0.811. The number of halogens is 1. The lowest BCUT2D eigenvalue weighted by molar-refractivity contribution is -0.148. The number of hydrogen-bond donors (Lipinski definition) is 1. The Kier molecular flexibility index (Phi) is 10.4. The van der Waals surface area contributed by atoms with Gasteiger partial charge in [-0.3, -0.25) is 19.3 Å². The lowest BCUT2D eigenvalue weighted by atomic mass is 10.1. The summed E-state index contributed by atoms with van der Waals surface area (Å²) < 4.78 is 35.2. The highest BCUT2D eigenvalue weighted by Gasteiger charge is 2.37. The summed E-state index contributed by atoms with van der Waals surface area (Å²) in [7, 11) is -3.96. The van der Waals surface area contributed by atoms with Crippen LogP contribution < -0.4 is 4.72 Å². The molecule has 11 nitrogen and oxygen atoms in total.